The molecule has 0 aliphatic carbocycles. The lowest BCUT2D eigenvalue weighted by Crippen LogP contribution is -2.56. The molecule has 3 aliphatic rings. The molecule has 3 aliphatic heterocycles. The van der Waals surface area contributed by atoms with Gasteiger partial charge in [-0.3, -0.25) is 29.7 Å². The van der Waals surface area contributed by atoms with E-state index in [1.807, 2.05) is 36.5 Å². The Balaban J connectivity index is 1.11. The maximum Gasteiger partial charge on any atom is 0.342 e. The van der Waals surface area contributed by atoms with Crippen LogP contribution in [-0.2, 0) is 17.9 Å². The molecular weight excluding hydrogens is 480 g/mol. The van der Waals surface area contributed by atoms with Gasteiger partial charge in [-0.2, -0.15) is 0 Å². The van der Waals surface area contributed by atoms with Crippen LogP contribution in [0.2, 0.25) is 0 Å². The van der Waals surface area contributed by atoms with Crippen LogP contribution in [-0.4, -0.2) is 75.4 Å². The van der Waals surface area contributed by atoms with E-state index in [1.165, 1.54) is 15.6 Å². The second kappa shape index (κ2) is 10.4. The van der Waals surface area contributed by atoms with Gasteiger partial charge in [0, 0.05) is 50.9 Å². The number of piperazine rings is 1. The lowest BCUT2D eigenvalue weighted by atomic mass is 10.00. The number of carbonyl (C=O) groups excluding carboxylic acids is 3. The van der Waals surface area contributed by atoms with E-state index in [-0.39, 0.29) is 30.8 Å². The number of urea groups is 1. The van der Waals surface area contributed by atoms with E-state index >= 15 is 0 Å². The Labute approximate surface area is 221 Å². The molecule has 3 aromatic rings. The monoisotopic (exact) mass is 510 g/mol. The maximum absolute atomic E-state index is 13.0. The number of aromatic nitrogens is 1. The van der Waals surface area contributed by atoms with Crippen molar-refractivity contribution in [3.63, 3.8) is 0 Å². The van der Waals surface area contributed by atoms with Gasteiger partial charge in [-0.1, -0.05) is 48.5 Å². The number of carbonyl (C=O) groups is 3. The SMILES string of the molecule is O=C1CCN(N2Cc3cc(CN4CCN(C(c5ccccc5)c5ccccn5)CC4)ccc3C2=O)C(=O)N1. The van der Waals surface area contributed by atoms with Crippen LogP contribution in [0.3, 0.4) is 0 Å². The molecule has 0 bridgehead atoms. The first-order valence-corrected chi connectivity index (χ1v) is 13.0. The van der Waals surface area contributed by atoms with Crippen LogP contribution in [0.1, 0.15) is 45.2 Å². The molecule has 1 aromatic heterocycles. The predicted octanol–water partition coefficient (Wildman–Crippen LogP) is 2.80. The van der Waals surface area contributed by atoms with E-state index in [4.69, 9.17) is 0 Å². The summed E-state index contributed by atoms with van der Waals surface area (Å²) in [4.78, 5) is 46.3. The Hall–Kier alpha value is -4.08. The summed E-state index contributed by atoms with van der Waals surface area (Å²) < 4.78 is 0. The van der Waals surface area contributed by atoms with Gasteiger partial charge in [-0.05, 0) is 34.9 Å². The molecule has 6 rings (SSSR count). The van der Waals surface area contributed by atoms with Crippen LogP contribution in [0.4, 0.5) is 4.79 Å². The number of hydrogen-bond donors (Lipinski definition) is 1. The second-order valence-corrected chi connectivity index (χ2v) is 9.96. The van der Waals surface area contributed by atoms with Gasteiger partial charge in [-0.15, -0.1) is 0 Å². The number of hydrazine groups is 1. The molecule has 38 heavy (non-hydrogen) atoms. The van der Waals surface area contributed by atoms with E-state index in [9.17, 15) is 14.4 Å². The molecular formula is C29H30N6O3. The summed E-state index contributed by atoms with van der Waals surface area (Å²) in [7, 11) is 0. The van der Waals surface area contributed by atoms with Gasteiger partial charge in [0.1, 0.15) is 0 Å². The quantitative estimate of drug-likeness (QED) is 0.549. The average molecular weight is 511 g/mol. The maximum atomic E-state index is 13.0. The van der Waals surface area contributed by atoms with E-state index < -0.39 is 6.03 Å². The van der Waals surface area contributed by atoms with Crippen molar-refractivity contribution in [2.75, 3.05) is 32.7 Å². The summed E-state index contributed by atoms with van der Waals surface area (Å²) >= 11 is 0. The van der Waals surface area contributed by atoms with Crippen molar-refractivity contribution in [1.82, 2.24) is 30.1 Å². The third-order valence-electron chi connectivity index (χ3n) is 7.54. The standard InChI is InChI=1S/C29H30N6O3/c36-26-11-13-34(29(38)31-26)35-20-23-18-21(9-10-24(23)28(35)37)19-32-14-16-33(17-15-32)27(22-6-2-1-3-7-22)25-8-4-5-12-30-25/h1-10,12,18,27H,11,13-17,19-20H2,(H,31,36,38). The molecule has 0 saturated carbocycles. The summed E-state index contributed by atoms with van der Waals surface area (Å²) in [5, 5.41) is 5.07. The van der Waals surface area contributed by atoms with Crippen molar-refractivity contribution in [3.8, 4) is 0 Å². The van der Waals surface area contributed by atoms with Gasteiger partial charge in [0.2, 0.25) is 5.91 Å². The first-order chi connectivity index (χ1) is 18.6. The highest BCUT2D eigenvalue weighted by Gasteiger charge is 2.37. The van der Waals surface area contributed by atoms with Gasteiger partial charge in [-0.25, -0.2) is 14.8 Å². The number of hydrogen-bond acceptors (Lipinski definition) is 6. The topological polar surface area (TPSA) is 89.1 Å². The summed E-state index contributed by atoms with van der Waals surface area (Å²) in [6, 6.07) is 22.2. The zero-order valence-electron chi connectivity index (χ0n) is 21.1. The van der Waals surface area contributed by atoms with Crippen LogP contribution in [0.15, 0.2) is 72.9 Å². The summed E-state index contributed by atoms with van der Waals surface area (Å²) in [6.07, 6.45) is 2.05. The van der Waals surface area contributed by atoms with Crippen molar-refractivity contribution in [1.29, 1.82) is 0 Å². The minimum Gasteiger partial charge on any atom is -0.297 e. The highest BCUT2D eigenvalue weighted by Crippen LogP contribution is 2.30. The minimum atomic E-state index is -0.542. The van der Waals surface area contributed by atoms with Crippen LogP contribution >= 0.6 is 0 Å². The molecule has 9 heteroatoms. The average Bonchev–Trinajstić information content (AvgIpc) is 3.26. The Morgan fingerprint density at radius 2 is 1.63 bits per heavy atom. The van der Waals surface area contributed by atoms with E-state index in [0.29, 0.717) is 12.1 Å². The van der Waals surface area contributed by atoms with Crippen LogP contribution in [0, 0.1) is 0 Å². The van der Waals surface area contributed by atoms with Gasteiger partial charge >= 0.3 is 6.03 Å². The molecule has 0 spiro atoms. The van der Waals surface area contributed by atoms with E-state index in [1.54, 1.807) is 0 Å². The zero-order chi connectivity index (χ0) is 26.1. The molecule has 1 unspecified atom stereocenters. The Kier molecular flexibility index (Phi) is 6.61. The van der Waals surface area contributed by atoms with Gasteiger partial charge in [0.05, 0.1) is 24.8 Å². The number of nitrogens with one attached hydrogen (secondary N) is 1. The van der Waals surface area contributed by atoms with Crippen molar-refractivity contribution in [2.24, 2.45) is 0 Å². The molecule has 2 aromatic carbocycles. The summed E-state index contributed by atoms with van der Waals surface area (Å²) in [5.41, 5.74) is 4.99. The fourth-order valence-electron chi connectivity index (χ4n) is 5.62. The molecule has 4 heterocycles. The fourth-order valence-corrected chi connectivity index (χ4v) is 5.62. The van der Waals surface area contributed by atoms with Crippen molar-refractivity contribution in [3.05, 3.63) is 101 Å². The Morgan fingerprint density at radius 3 is 2.37 bits per heavy atom. The molecule has 0 radical (unpaired) electrons. The number of rotatable bonds is 6. The second-order valence-electron chi connectivity index (χ2n) is 9.96. The molecule has 2 saturated heterocycles. The van der Waals surface area contributed by atoms with Crippen molar-refractivity contribution >= 4 is 17.8 Å². The molecule has 4 amide bonds. The van der Waals surface area contributed by atoms with Crippen LogP contribution < -0.4 is 5.32 Å². The number of nitrogens with zero attached hydrogens (tertiary/aromatic N) is 5. The normalized spacial score (nSPS) is 19.4. The van der Waals surface area contributed by atoms with Gasteiger partial charge in [0.25, 0.3) is 5.91 Å². The third-order valence-corrected chi connectivity index (χ3v) is 7.54. The smallest absolute Gasteiger partial charge is 0.297 e. The third kappa shape index (κ3) is 4.78. The van der Waals surface area contributed by atoms with Crippen molar-refractivity contribution < 1.29 is 14.4 Å². The van der Waals surface area contributed by atoms with E-state index in [2.05, 4.69) is 56.5 Å². The lowest BCUT2D eigenvalue weighted by Gasteiger charge is -2.39. The van der Waals surface area contributed by atoms with Crippen molar-refractivity contribution in [2.45, 2.75) is 25.6 Å². The Morgan fingerprint density at radius 1 is 0.842 bits per heavy atom. The zero-order valence-corrected chi connectivity index (χ0v) is 21.1. The number of fused-ring (bicyclic) bond motifs is 1. The summed E-state index contributed by atoms with van der Waals surface area (Å²) in [5.74, 6) is -0.515. The Bertz CT molecular complexity index is 1300. The lowest BCUT2D eigenvalue weighted by molar-refractivity contribution is -0.123. The highest BCUT2D eigenvalue weighted by atomic mass is 16.2. The first-order valence-electron chi connectivity index (χ1n) is 13.0. The first kappa shape index (κ1) is 24.3. The molecule has 1 N–H and O–H groups in total. The predicted molar refractivity (Wildman–Crippen MR) is 141 cm³/mol. The van der Waals surface area contributed by atoms with Crippen LogP contribution in [0.5, 0.6) is 0 Å². The van der Waals surface area contributed by atoms with E-state index in [0.717, 1.165) is 49.5 Å². The molecule has 1 atom stereocenters. The number of imide groups is 1. The molecule has 194 valence electrons. The van der Waals surface area contributed by atoms with Crippen LogP contribution in [0.25, 0.3) is 0 Å². The number of benzene rings is 2. The van der Waals surface area contributed by atoms with Gasteiger partial charge < -0.3 is 0 Å². The summed E-state index contributed by atoms with van der Waals surface area (Å²) in [6.45, 7) is 5.06. The fraction of sp³-hybridized carbons (Fsp3) is 0.310. The highest BCUT2D eigenvalue weighted by molar-refractivity contribution is 6.01. The van der Waals surface area contributed by atoms with Gasteiger partial charge in [0.15, 0.2) is 0 Å². The minimum absolute atomic E-state index is 0.124. The number of pyridine rings is 1. The number of amides is 4. The molecule has 9 nitrogen and oxygen atoms in total. The molecule has 2 fully saturated rings. The largest absolute Gasteiger partial charge is 0.342 e.